The van der Waals surface area contributed by atoms with E-state index in [4.69, 9.17) is 21.3 Å². The molecule has 2 aliphatic heterocycles. The van der Waals surface area contributed by atoms with Crippen LogP contribution in [0.4, 0.5) is 5.69 Å². The highest BCUT2D eigenvalue weighted by Gasteiger charge is 2.23. The molecule has 0 saturated carbocycles. The third-order valence-electron chi connectivity index (χ3n) is 9.77. The normalized spacial score (nSPS) is 17.3. The smallest absolute Gasteiger partial charge is 0.220 e. The molecule has 0 spiro atoms. The highest BCUT2D eigenvalue weighted by Crippen LogP contribution is 2.32. The number of anilines is 1. The number of amides is 1. The number of ketones is 1. The average Bonchev–Trinajstić information content (AvgIpc) is 3.54. The lowest BCUT2D eigenvalue weighted by Gasteiger charge is -2.34. The van der Waals surface area contributed by atoms with E-state index in [1.807, 2.05) is 29.1 Å². The number of aromatic nitrogens is 3. The van der Waals surface area contributed by atoms with Gasteiger partial charge in [-0.05, 0) is 68.5 Å². The summed E-state index contributed by atoms with van der Waals surface area (Å²) in [5.41, 5.74) is 7.26. The van der Waals surface area contributed by atoms with Crippen molar-refractivity contribution in [2.24, 2.45) is 0 Å². The van der Waals surface area contributed by atoms with E-state index in [-0.39, 0.29) is 30.6 Å². The van der Waals surface area contributed by atoms with E-state index in [0.717, 1.165) is 97.9 Å². The number of Topliss-reactive ketones (excluding diaryl/α,β-unsaturated/α-hetero) is 1. The molecule has 4 heterocycles. The number of carbonyl (C=O) groups excluding carboxylic acids is 2. The molecule has 2 aromatic carbocycles. The highest BCUT2D eigenvalue weighted by molar-refractivity contribution is 6.33. The molecule has 11 heteroatoms. The first-order valence-corrected chi connectivity index (χ1v) is 18.1. The Balaban J connectivity index is 1.12. The molecule has 2 aliphatic rings. The molecule has 6 rings (SSSR count). The minimum Gasteiger partial charge on any atom is -0.381 e. The van der Waals surface area contributed by atoms with Gasteiger partial charge in [0, 0.05) is 105 Å². The molecule has 0 bridgehead atoms. The fourth-order valence-electron chi connectivity index (χ4n) is 6.86. The Hall–Kier alpha value is -3.83. The van der Waals surface area contributed by atoms with E-state index in [0.29, 0.717) is 29.6 Å². The quantitative estimate of drug-likeness (QED) is 0.147. The van der Waals surface area contributed by atoms with Crippen molar-refractivity contribution in [2.45, 2.75) is 84.6 Å². The van der Waals surface area contributed by atoms with Crippen molar-refractivity contribution in [1.82, 2.24) is 30.3 Å². The molecule has 2 aromatic heterocycles. The van der Waals surface area contributed by atoms with Gasteiger partial charge in [-0.2, -0.15) is 5.10 Å². The molecule has 0 aliphatic carbocycles. The number of ether oxygens (including phenoxy) is 1. The van der Waals surface area contributed by atoms with E-state index >= 15 is 0 Å². The number of halogens is 1. The number of pyridine rings is 1. The number of nitrogens with zero attached hydrogens (tertiary/aromatic N) is 4. The van der Waals surface area contributed by atoms with Gasteiger partial charge >= 0.3 is 0 Å². The summed E-state index contributed by atoms with van der Waals surface area (Å²) in [5, 5.41) is 16.4. The van der Waals surface area contributed by atoms with Crippen LogP contribution >= 0.6 is 11.6 Å². The minimum atomic E-state index is -0.180. The lowest BCUT2D eigenvalue weighted by Crippen LogP contribution is -2.49. The fourth-order valence-corrected chi connectivity index (χ4v) is 7.08. The molecule has 1 atom stereocenters. The van der Waals surface area contributed by atoms with Crippen LogP contribution in [-0.4, -0.2) is 76.3 Å². The second kappa shape index (κ2) is 16.3. The molecule has 10 nitrogen and oxygen atoms in total. The van der Waals surface area contributed by atoms with Gasteiger partial charge in [0.1, 0.15) is 0 Å². The molecule has 3 N–H and O–H groups in total. The van der Waals surface area contributed by atoms with E-state index in [9.17, 15) is 9.59 Å². The Morgan fingerprint density at radius 2 is 1.94 bits per heavy atom. The molecule has 2 fully saturated rings. The van der Waals surface area contributed by atoms with Crippen molar-refractivity contribution in [2.75, 3.05) is 38.2 Å². The molecule has 0 radical (unpaired) electrons. The van der Waals surface area contributed by atoms with E-state index in [1.54, 1.807) is 12.1 Å². The number of hydrogen-bond donors (Lipinski definition) is 3. The first-order chi connectivity index (χ1) is 23.8. The second-order valence-corrected chi connectivity index (χ2v) is 13.5. The van der Waals surface area contributed by atoms with Gasteiger partial charge in [0.05, 0.1) is 17.3 Å². The fraction of sp³-hybridized carbons (Fsp3) is 0.474. The molecule has 4 aromatic rings. The zero-order chi connectivity index (χ0) is 34.3. The van der Waals surface area contributed by atoms with Crippen LogP contribution in [0.5, 0.6) is 0 Å². The van der Waals surface area contributed by atoms with Gasteiger partial charge < -0.3 is 20.7 Å². The Kier molecular flexibility index (Phi) is 11.6. The number of hydrogen-bond acceptors (Lipinski definition) is 8. The van der Waals surface area contributed by atoms with Crippen LogP contribution in [0.2, 0.25) is 5.02 Å². The Labute approximate surface area is 293 Å². The summed E-state index contributed by atoms with van der Waals surface area (Å²) < 4.78 is 7.49. The van der Waals surface area contributed by atoms with Crippen LogP contribution in [0.1, 0.15) is 73.6 Å². The number of benzene rings is 2. The van der Waals surface area contributed by atoms with Gasteiger partial charge in [0.15, 0.2) is 11.4 Å². The van der Waals surface area contributed by atoms with Gasteiger partial charge in [0.25, 0.3) is 0 Å². The number of aryl methyl sites for hydroxylation is 2. The van der Waals surface area contributed by atoms with Gasteiger partial charge in [-0.1, -0.05) is 36.7 Å². The highest BCUT2D eigenvalue weighted by atomic mass is 35.5. The number of nitrogens with one attached hydrogen (secondary N) is 3. The zero-order valence-electron chi connectivity index (χ0n) is 28.9. The predicted molar refractivity (Wildman–Crippen MR) is 195 cm³/mol. The molecule has 49 heavy (non-hydrogen) atoms. The molecule has 2 saturated heterocycles. The second-order valence-electron chi connectivity index (χ2n) is 13.1. The van der Waals surface area contributed by atoms with Crippen LogP contribution in [0.3, 0.4) is 0 Å². The van der Waals surface area contributed by atoms with Gasteiger partial charge in [-0.25, -0.2) is 9.67 Å². The summed E-state index contributed by atoms with van der Waals surface area (Å²) in [6.45, 7) is 12.7. The molecule has 1 amide bonds. The monoisotopic (exact) mass is 685 g/mol. The molecular weight excluding hydrogens is 638 g/mol. The number of carbonyl (C=O) groups is 2. The van der Waals surface area contributed by atoms with Gasteiger partial charge in [-0.3, -0.25) is 14.5 Å². The maximum Gasteiger partial charge on any atom is 0.220 e. The first kappa shape index (κ1) is 35.0. The largest absolute Gasteiger partial charge is 0.381 e. The van der Waals surface area contributed by atoms with Crippen LogP contribution < -0.4 is 16.0 Å². The summed E-state index contributed by atoms with van der Waals surface area (Å²) in [6, 6.07) is 14.5. The van der Waals surface area contributed by atoms with Crippen LogP contribution in [0.15, 0.2) is 48.7 Å². The topological polar surface area (TPSA) is 113 Å². The first-order valence-electron chi connectivity index (χ1n) is 17.7. The lowest BCUT2D eigenvalue weighted by molar-refractivity contribution is -0.121. The summed E-state index contributed by atoms with van der Waals surface area (Å²) in [4.78, 5) is 34.0. The Morgan fingerprint density at radius 3 is 2.71 bits per heavy atom. The van der Waals surface area contributed by atoms with E-state index < -0.39 is 0 Å². The standard InChI is InChI=1S/C38H48ClN7O3/c1-4-34-31(37(43-29-13-17-49-18-14-29)32-23-42-46(5-2)38(32)44-34)22-41-36(48)12-11-35(47)28-9-10-33(39)30(20-28)27-8-6-7-26(19-27)24-45-16-15-40-21-25(45)3/h6-10,19-20,23,25,29,40H,4-5,11-18,21-22,24H2,1-3H3,(H,41,48)(H,43,44)/t25-/m0/s1. The maximum atomic E-state index is 13.4. The van der Waals surface area contributed by atoms with Gasteiger partial charge in [0.2, 0.25) is 5.91 Å². The Bertz CT molecular complexity index is 1780. The van der Waals surface area contributed by atoms with Crippen molar-refractivity contribution in [3.8, 4) is 11.1 Å². The Morgan fingerprint density at radius 1 is 1.10 bits per heavy atom. The van der Waals surface area contributed by atoms with Crippen molar-refractivity contribution in [3.05, 3.63) is 76.1 Å². The summed E-state index contributed by atoms with van der Waals surface area (Å²) in [6.07, 6.45) is 4.59. The van der Waals surface area contributed by atoms with Crippen molar-refractivity contribution < 1.29 is 14.3 Å². The summed E-state index contributed by atoms with van der Waals surface area (Å²) in [5.74, 6) is -0.272. The van der Waals surface area contributed by atoms with E-state index in [2.05, 4.69) is 58.9 Å². The van der Waals surface area contributed by atoms with Gasteiger partial charge in [-0.15, -0.1) is 0 Å². The SMILES string of the molecule is CCc1nc2c(cnn2CC)c(NC2CCOCC2)c1CNC(=O)CCC(=O)c1ccc(Cl)c(-c2cccc(CN3CCNC[C@@H]3C)c2)c1. The summed E-state index contributed by atoms with van der Waals surface area (Å²) >= 11 is 6.66. The maximum absolute atomic E-state index is 13.4. The van der Waals surface area contributed by atoms with Crippen molar-refractivity contribution in [3.63, 3.8) is 0 Å². The average molecular weight is 686 g/mol. The minimum absolute atomic E-state index is 0.0861. The number of piperazine rings is 1. The zero-order valence-corrected chi connectivity index (χ0v) is 29.6. The molecular formula is C38H48ClN7O3. The predicted octanol–water partition coefficient (Wildman–Crippen LogP) is 6.00. The molecule has 260 valence electrons. The van der Waals surface area contributed by atoms with Crippen LogP contribution in [-0.2, 0) is 35.6 Å². The third-order valence-corrected chi connectivity index (χ3v) is 10.1. The molecule has 0 unspecified atom stereocenters. The van der Waals surface area contributed by atoms with Crippen LogP contribution in [0, 0.1) is 0 Å². The lowest BCUT2D eigenvalue weighted by atomic mass is 9.98. The van der Waals surface area contributed by atoms with E-state index in [1.165, 1.54) is 5.56 Å². The van der Waals surface area contributed by atoms with Crippen LogP contribution in [0.25, 0.3) is 22.2 Å². The summed E-state index contributed by atoms with van der Waals surface area (Å²) in [7, 11) is 0. The number of rotatable bonds is 13. The van der Waals surface area contributed by atoms with Crippen molar-refractivity contribution >= 4 is 40.0 Å². The van der Waals surface area contributed by atoms with Crippen molar-refractivity contribution in [1.29, 1.82) is 0 Å². The third kappa shape index (κ3) is 8.32. The number of fused-ring (bicyclic) bond motifs is 1.